The number of nitrogen functional groups attached to an aromatic ring is 1. The molecule has 32 heavy (non-hydrogen) atoms. The number of aromatic nitrogens is 3. The van der Waals surface area contributed by atoms with Gasteiger partial charge in [-0.05, 0) is 37.3 Å². The predicted octanol–water partition coefficient (Wildman–Crippen LogP) is 3.97. The highest BCUT2D eigenvalue weighted by Gasteiger charge is 2.44. The summed E-state index contributed by atoms with van der Waals surface area (Å²) in [6.45, 7) is 5.21. The van der Waals surface area contributed by atoms with Gasteiger partial charge >= 0.3 is 0 Å². The Kier molecular flexibility index (Phi) is 5.29. The first-order valence-corrected chi connectivity index (χ1v) is 11.5. The van der Waals surface area contributed by atoms with Crippen LogP contribution in [0.1, 0.15) is 26.2 Å². The fraction of sp³-hybridized carbons (Fsp3) is 0.375. The molecule has 2 saturated heterocycles. The molecule has 0 radical (unpaired) electrons. The van der Waals surface area contributed by atoms with Gasteiger partial charge in [-0.15, -0.1) is 0 Å². The lowest BCUT2D eigenvalue weighted by Crippen LogP contribution is -2.44. The third-order valence-electron chi connectivity index (χ3n) is 6.91. The van der Waals surface area contributed by atoms with Crippen LogP contribution < -0.4 is 16.0 Å². The number of carbonyl (C=O) groups excluding carboxylic acids is 1. The minimum atomic E-state index is -0.230. The molecule has 2 aliphatic heterocycles. The third-order valence-corrected chi connectivity index (χ3v) is 7.29. The first-order valence-electron chi connectivity index (χ1n) is 11.1. The highest BCUT2D eigenvalue weighted by atomic mass is 35.5. The van der Waals surface area contributed by atoms with Crippen LogP contribution in [0.25, 0.3) is 22.3 Å². The number of rotatable bonds is 4. The van der Waals surface area contributed by atoms with E-state index in [1.807, 2.05) is 17.1 Å². The molecule has 5 rings (SSSR count). The van der Waals surface area contributed by atoms with Gasteiger partial charge in [0.25, 0.3) is 0 Å². The van der Waals surface area contributed by atoms with Crippen LogP contribution in [0.3, 0.4) is 0 Å². The van der Waals surface area contributed by atoms with Crippen molar-refractivity contribution in [3.05, 3.63) is 47.9 Å². The zero-order chi connectivity index (χ0) is 22.3. The van der Waals surface area contributed by atoms with E-state index in [9.17, 15) is 4.79 Å². The minimum absolute atomic E-state index is 0.194. The van der Waals surface area contributed by atoms with Gasteiger partial charge in [0.1, 0.15) is 10.8 Å². The molecule has 3 aromatic rings. The molecule has 1 amide bonds. The number of halogens is 1. The number of carbonyl (C=O) groups is 1. The summed E-state index contributed by atoms with van der Waals surface area (Å²) in [5.41, 5.74) is 10.9. The quantitative estimate of drug-likeness (QED) is 0.627. The summed E-state index contributed by atoms with van der Waals surface area (Å²) in [6, 6.07) is 8.35. The zero-order valence-electron chi connectivity index (χ0n) is 18.1. The van der Waals surface area contributed by atoms with Gasteiger partial charge in [0.15, 0.2) is 0 Å². The van der Waals surface area contributed by atoms with Gasteiger partial charge in [0.05, 0.1) is 17.3 Å². The lowest BCUT2D eigenvalue weighted by atomic mass is 9.77. The molecule has 3 N–H and O–H groups in total. The molecular weight excluding hydrogens is 424 g/mol. The van der Waals surface area contributed by atoms with Gasteiger partial charge in [0, 0.05) is 49.7 Å². The molecule has 2 aromatic heterocycles. The fourth-order valence-corrected chi connectivity index (χ4v) is 5.16. The summed E-state index contributed by atoms with van der Waals surface area (Å²) in [5, 5.41) is 7.84. The maximum atomic E-state index is 12.4. The number of piperidine rings is 1. The molecule has 1 aromatic carbocycles. The molecule has 7 nitrogen and oxygen atoms in total. The van der Waals surface area contributed by atoms with Gasteiger partial charge in [-0.1, -0.05) is 35.9 Å². The first kappa shape index (κ1) is 20.8. The topological polar surface area (TPSA) is 89.1 Å². The monoisotopic (exact) mass is 450 g/mol. The van der Waals surface area contributed by atoms with Crippen LogP contribution in [-0.2, 0) is 11.3 Å². The second kappa shape index (κ2) is 8.13. The molecular formula is C24H27ClN6O. The molecule has 2 aliphatic rings. The van der Waals surface area contributed by atoms with Crippen molar-refractivity contribution in [3.8, 4) is 22.3 Å². The Morgan fingerprint density at radius 3 is 2.44 bits per heavy atom. The Labute approximate surface area is 192 Å². The van der Waals surface area contributed by atoms with Crippen LogP contribution in [0, 0.1) is 5.41 Å². The maximum Gasteiger partial charge on any atom is 0.226 e. The van der Waals surface area contributed by atoms with Gasteiger partial charge in [-0.3, -0.25) is 9.48 Å². The number of nitrogens with zero attached hydrogens (tertiary/aromatic N) is 4. The summed E-state index contributed by atoms with van der Waals surface area (Å²) in [7, 11) is 0. The number of pyridine rings is 1. The van der Waals surface area contributed by atoms with E-state index in [-0.39, 0.29) is 11.3 Å². The van der Waals surface area contributed by atoms with E-state index in [2.05, 4.69) is 51.5 Å². The van der Waals surface area contributed by atoms with E-state index in [0.29, 0.717) is 10.8 Å². The van der Waals surface area contributed by atoms with Crippen LogP contribution >= 0.6 is 11.6 Å². The Balaban J connectivity index is 1.45. The normalized spacial score (nSPS) is 17.7. The van der Waals surface area contributed by atoms with E-state index < -0.39 is 0 Å². The van der Waals surface area contributed by atoms with Gasteiger partial charge in [-0.2, -0.15) is 5.10 Å². The number of anilines is 2. The average molecular weight is 451 g/mol. The van der Waals surface area contributed by atoms with E-state index in [1.165, 1.54) is 0 Å². The first-order chi connectivity index (χ1) is 15.5. The van der Waals surface area contributed by atoms with Crippen LogP contribution in [0.5, 0.6) is 0 Å². The lowest BCUT2D eigenvalue weighted by molar-refractivity contribution is -0.128. The summed E-state index contributed by atoms with van der Waals surface area (Å²) in [5.74, 6) is 0.521. The van der Waals surface area contributed by atoms with Crippen molar-refractivity contribution in [3.63, 3.8) is 0 Å². The zero-order valence-corrected chi connectivity index (χ0v) is 18.9. The smallest absolute Gasteiger partial charge is 0.226 e. The highest BCUT2D eigenvalue weighted by Crippen LogP contribution is 2.44. The van der Waals surface area contributed by atoms with E-state index in [1.54, 1.807) is 6.20 Å². The summed E-state index contributed by atoms with van der Waals surface area (Å²) >= 11 is 6.69. The molecule has 166 valence electrons. The van der Waals surface area contributed by atoms with Gasteiger partial charge in [-0.25, -0.2) is 4.98 Å². The van der Waals surface area contributed by atoms with Crippen molar-refractivity contribution in [1.82, 2.24) is 20.1 Å². The standard InChI is InChI=1S/C24H27ClN6O/c1-2-31-15-18(13-29-31)16-3-5-17(6-4-16)19-14-28-22(26)20(25)21(19)30-11-8-24(9-12-30)7-10-27-23(24)32/h3-6,13-15H,2,7-12H2,1H3,(H2,26,28)(H,27,32). The second-order valence-electron chi connectivity index (χ2n) is 8.66. The SMILES string of the molecule is CCn1cc(-c2ccc(-c3cnc(N)c(Cl)c3N3CCC4(CCNC4=O)CC3)cc2)cn1. The maximum absolute atomic E-state index is 12.4. The second-order valence-corrected chi connectivity index (χ2v) is 9.03. The largest absolute Gasteiger partial charge is 0.382 e. The predicted molar refractivity (Wildman–Crippen MR) is 127 cm³/mol. The molecule has 2 fully saturated rings. The summed E-state index contributed by atoms with van der Waals surface area (Å²) < 4.78 is 1.92. The molecule has 1 spiro atoms. The number of hydrogen-bond acceptors (Lipinski definition) is 5. The van der Waals surface area contributed by atoms with Crippen LogP contribution in [0.15, 0.2) is 42.9 Å². The molecule has 0 saturated carbocycles. The number of aryl methyl sites for hydroxylation is 1. The summed E-state index contributed by atoms with van der Waals surface area (Å²) in [6.07, 6.45) is 8.27. The average Bonchev–Trinajstić information content (AvgIpc) is 3.44. The number of benzene rings is 1. The van der Waals surface area contributed by atoms with Crippen molar-refractivity contribution >= 4 is 29.0 Å². The number of nitrogens with one attached hydrogen (secondary N) is 1. The lowest BCUT2D eigenvalue weighted by Gasteiger charge is -2.39. The third kappa shape index (κ3) is 3.50. The van der Waals surface area contributed by atoms with Crippen molar-refractivity contribution < 1.29 is 4.79 Å². The fourth-order valence-electron chi connectivity index (χ4n) is 4.89. The Morgan fingerprint density at radius 2 is 1.81 bits per heavy atom. The van der Waals surface area contributed by atoms with Gasteiger partial charge in [0.2, 0.25) is 5.91 Å². The van der Waals surface area contributed by atoms with Crippen LogP contribution in [-0.4, -0.2) is 40.3 Å². The Hall–Kier alpha value is -3.06. The number of amides is 1. The number of hydrogen-bond donors (Lipinski definition) is 2. The Morgan fingerprint density at radius 1 is 1.09 bits per heavy atom. The van der Waals surface area contributed by atoms with E-state index >= 15 is 0 Å². The van der Waals surface area contributed by atoms with Crippen molar-refractivity contribution in [2.75, 3.05) is 30.3 Å². The van der Waals surface area contributed by atoms with E-state index in [0.717, 1.165) is 73.4 Å². The minimum Gasteiger partial charge on any atom is -0.382 e. The van der Waals surface area contributed by atoms with Gasteiger partial charge < -0.3 is 16.0 Å². The molecule has 0 aliphatic carbocycles. The molecule has 4 heterocycles. The molecule has 0 bridgehead atoms. The van der Waals surface area contributed by atoms with Crippen molar-refractivity contribution in [1.29, 1.82) is 0 Å². The van der Waals surface area contributed by atoms with Crippen molar-refractivity contribution in [2.45, 2.75) is 32.7 Å². The molecule has 8 heteroatoms. The van der Waals surface area contributed by atoms with E-state index in [4.69, 9.17) is 17.3 Å². The van der Waals surface area contributed by atoms with Crippen molar-refractivity contribution in [2.24, 2.45) is 5.41 Å². The Bertz CT molecular complexity index is 1150. The molecule has 0 unspecified atom stereocenters. The van der Waals surface area contributed by atoms with Crippen LogP contribution in [0.2, 0.25) is 5.02 Å². The number of nitrogens with two attached hydrogens (primary N) is 1. The summed E-state index contributed by atoms with van der Waals surface area (Å²) in [4.78, 5) is 19.0. The highest BCUT2D eigenvalue weighted by molar-refractivity contribution is 6.36. The van der Waals surface area contributed by atoms with Crippen LogP contribution in [0.4, 0.5) is 11.5 Å². The molecule has 0 atom stereocenters.